The summed E-state index contributed by atoms with van der Waals surface area (Å²) in [5.41, 5.74) is 2.44. The number of ketones is 1. The molecule has 0 spiro atoms. The SMILES string of the molecule is COc1ccc(OC)c2c1C[C@H]1NCC[C@@]23CC(=O)CC[C@@H]13. The molecule has 4 nitrogen and oxygen atoms in total. The van der Waals surface area contributed by atoms with Crippen LogP contribution in [0.3, 0.4) is 0 Å². The number of Topliss-reactive ketones (excluding diaryl/α,β-unsaturated/α-hetero) is 1. The van der Waals surface area contributed by atoms with Crippen LogP contribution in [0.5, 0.6) is 11.5 Å². The number of carbonyl (C=O) groups excluding carboxylic acids is 1. The van der Waals surface area contributed by atoms with E-state index in [2.05, 4.69) is 5.32 Å². The van der Waals surface area contributed by atoms with Crippen LogP contribution in [-0.4, -0.2) is 32.6 Å². The van der Waals surface area contributed by atoms with Gasteiger partial charge in [-0.15, -0.1) is 0 Å². The number of ether oxygens (including phenoxy) is 2. The summed E-state index contributed by atoms with van der Waals surface area (Å²) in [6, 6.07) is 4.45. The summed E-state index contributed by atoms with van der Waals surface area (Å²) in [4.78, 5) is 12.3. The highest BCUT2D eigenvalue weighted by Gasteiger charge is 2.55. The molecule has 1 saturated carbocycles. The van der Waals surface area contributed by atoms with Crippen LogP contribution in [0, 0.1) is 5.92 Å². The number of piperidine rings is 1. The Morgan fingerprint density at radius 1 is 1.23 bits per heavy atom. The molecule has 1 heterocycles. The second kappa shape index (κ2) is 4.98. The fourth-order valence-electron chi connectivity index (χ4n) is 5.20. The second-order valence-electron chi connectivity index (χ2n) is 6.86. The Labute approximate surface area is 131 Å². The zero-order valence-electron chi connectivity index (χ0n) is 13.3. The number of hydrogen-bond acceptors (Lipinski definition) is 4. The van der Waals surface area contributed by atoms with Gasteiger partial charge in [-0.1, -0.05) is 0 Å². The van der Waals surface area contributed by atoms with Crippen LogP contribution in [0.2, 0.25) is 0 Å². The molecule has 22 heavy (non-hydrogen) atoms. The highest BCUT2D eigenvalue weighted by Crippen LogP contribution is 2.57. The maximum Gasteiger partial charge on any atom is 0.133 e. The van der Waals surface area contributed by atoms with Crippen molar-refractivity contribution in [2.75, 3.05) is 20.8 Å². The van der Waals surface area contributed by atoms with E-state index in [1.807, 2.05) is 12.1 Å². The van der Waals surface area contributed by atoms with Gasteiger partial charge in [0.15, 0.2) is 0 Å². The first-order chi connectivity index (χ1) is 10.7. The lowest BCUT2D eigenvalue weighted by atomic mass is 9.52. The van der Waals surface area contributed by atoms with Gasteiger partial charge in [-0.25, -0.2) is 0 Å². The van der Waals surface area contributed by atoms with Gasteiger partial charge >= 0.3 is 0 Å². The Morgan fingerprint density at radius 3 is 2.77 bits per heavy atom. The predicted molar refractivity (Wildman–Crippen MR) is 83.7 cm³/mol. The van der Waals surface area contributed by atoms with Gasteiger partial charge in [-0.05, 0) is 43.9 Å². The van der Waals surface area contributed by atoms with Gasteiger partial charge in [0.1, 0.15) is 17.3 Å². The summed E-state index contributed by atoms with van der Waals surface area (Å²) >= 11 is 0. The van der Waals surface area contributed by atoms with Crippen LogP contribution >= 0.6 is 0 Å². The summed E-state index contributed by atoms with van der Waals surface area (Å²) in [6.45, 7) is 0.980. The lowest BCUT2D eigenvalue weighted by Crippen LogP contribution is -2.60. The third-order valence-electron chi connectivity index (χ3n) is 6.01. The Balaban J connectivity index is 1.97. The first-order valence-corrected chi connectivity index (χ1v) is 8.19. The zero-order valence-corrected chi connectivity index (χ0v) is 13.3. The summed E-state index contributed by atoms with van der Waals surface area (Å²) < 4.78 is 11.3. The maximum atomic E-state index is 12.3. The van der Waals surface area contributed by atoms with Gasteiger partial charge in [0.25, 0.3) is 0 Å². The minimum absolute atomic E-state index is 0.0568. The highest BCUT2D eigenvalue weighted by atomic mass is 16.5. The molecule has 0 aromatic heterocycles. The Morgan fingerprint density at radius 2 is 2.00 bits per heavy atom. The molecule has 3 aliphatic rings. The molecule has 0 radical (unpaired) electrons. The lowest BCUT2D eigenvalue weighted by Gasteiger charge is -2.55. The molecule has 1 aromatic rings. The average molecular weight is 301 g/mol. The third kappa shape index (κ3) is 1.76. The number of nitrogens with one attached hydrogen (secondary N) is 1. The molecule has 2 aliphatic carbocycles. The number of rotatable bonds is 2. The van der Waals surface area contributed by atoms with Crippen LogP contribution in [0.4, 0.5) is 0 Å². The third-order valence-corrected chi connectivity index (χ3v) is 6.01. The number of carbonyl (C=O) groups is 1. The normalized spacial score (nSPS) is 32.9. The Hall–Kier alpha value is -1.55. The lowest BCUT2D eigenvalue weighted by molar-refractivity contribution is -0.125. The van der Waals surface area contributed by atoms with Gasteiger partial charge in [-0.2, -0.15) is 0 Å². The van der Waals surface area contributed by atoms with E-state index in [1.165, 1.54) is 11.1 Å². The fraction of sp³-hybridized carbons (Fsp3) is 0.611. The average Bonchev–Trinajstić information content (AvgIpc) is 2.53. The van der Waals surface area contributed by atoms with E-state index >= 15 is 0 Å². The van der Waals surface area contributed by atoms with Crippen molar-refractivity contribution >= 4 is 5.78 Å². The van der Waals surface area contributed by atoms with Gasteiger partial charge in [0.05, 0.1) is 14.2 Å². The maximum absolute atomic E-state index is 12.3. The van der Waals surface area contributed by atoms with Crippen LogP contribution in [-0.2, 0) is 16.6 Å². The zero-order chi connectivity index (χ0) is 15.3. The first kappa shape index (κ1) is 14.1. The molecule has 4 rings (SSSR count). The Bertz CT molecular complexity index is 627. The first-order valence-electron chi connectivity index (χ1n) is 8.19. The van der Waals surface area contributed by atoms with Gasteiger partial charge in [-0.3, -0.25) is 4.79 Å². The van der Waals surface area contributed by atoms with Gasteiger partial charge in [0.2, 0.25) is 0 Å². The van der Waals surface area contributed by atoms with Crippen LogP contribution < -0.4 is 14.8 Å². The van der Waals surface area contributed by atoms with E-state index in [9.17, 15) is 4.79 Å². The standard InChI is InChI=1S/C18H23NO3/c1-21-15-5-6-16(22-2)17-12(15)9-14-13-4-3-11(20)10-18(13,17)7-8-19-14/h5-6,13-14,19H,3-4,7-10H2,1-2H3/t13-,14+,18-/m0/s1. The van der Waals surface area contributed by atoms with E-state index in [0.717, 1.165) is 43.7 Å². The summed E-state index contributed by atoms with van der Waals surface area (Å²) in [5.74, 6) is 2.79. The van der Waals surface area contributed by atoms with Crippen molar-refractivity contribution in [2.45, 2.75) is 43.6 Å². The molecular formula is C18H23NO3. The second-order valence-corrected chi connectivity index (χ2v) is 6.86. The van der Waals surface area contributed by atoms with E-state index in [4.69, 9.17) is 9.47 Å². The molecular weight excluding hydrogens is 278 g/mol. The molecule has 2 bridgehead atoms. The minimum atomic E-state index is -0.0568. The Kier molecular flexibility index (Phi) is 3.19. The predicted octanol–water partition coefficient (Wildman–Crippen LogP) is 2.23. The molecule has 118 valence electrons. The number of methoxy groups -OCH3 is 2. The summed E-state index contributed by atoms with van der Waals surface area (Å²) in [5, 5.41) is 3.68. The van der Waals surface area contributed by atoms with Crippen molar-refractivity contribution in [3.63, 3.8) is 0 Å². The monoisotopic (exact) mass is 301 g/mol. The van der Waals surface area contributed by atoms with E-state index in [1.54, 1.807) is 14.2 Å². The van der Waals surface area contributed by atoms with Gasteiger partial charge in [0, 0.05) is 35.4 Å². The molecule has 3 atom stereocenters. The van der Waals surface area contributed by atoms with Crippen molar-refractivity contribution < 1.29 is 14.3 Å². The van der Waals surface area contributed by atoms with E-state index in [0.29, 0.717) is 24.2 Å². The van der Waals surface area contributed by atoms with Gasteiger partial charge < -0.3 is 14.8 Å². The fourth-order valence-corrected chi connectivity index (χ4v) is 5.20. The largest absolute Gasteiger partial charge is 0.496 e. The van der Waals surface area contributed by atoms with Crippen LogP contribution in [0.15, 0.2) is 12.1 Å². The number of benzene rings is 1. The van der Waals surface area contributed by atoms with Crippen molar-refractivity contribution in [1.29, 1.82) is 0 Å². The topological polar surface area (TPSA) is 47.6 Å². The molecule has 1 saturated heterocycles. The molecule has 0 unspecified atom stereocenters. The molecule has 1 N–H and O–H groups in total. The molecule has 0 amide bonds. The smallest absolute Gasteiger partial charge is 0.133 e. The van der Waals surface area contributed by atoms with Crippen LogP contribution in [0.1, 0.15) is 36.8 Å². The quantitative estimate of drug-likeness (QED) is 0.910. The van der Waals surface area contributed by atoms with E-state index < -0.39 is 0 Å². The number of hydrogen-bond donors (Lipinski definition) is 1. The highest BCUT2D eigenvalue weighted by molar-refractivity contribution is 5.82. The van der Waals surface area contributed by atoms with Crippen LogP contribution in [0.25, 0.3) is 0 Å². The van der Waals surface area contributed by atoms with Crippen molar-refractivity contribution in [3.05, 3.63) is 23.3 Å². The summed E-state index contributed by atoms with van der Waals surface area (Å²) in [7, 11) is 3.45. The van der Waals surface area contributed by atoms with Crippen molar-refractivity contribution in [1.82, 2.24) is 5.32 Å². The summed E-state index contributed by atoms with van der Waals surface area (Å²) in [6.07, 6.45) is 4.36. The minimum Gasteiger partial charge on any atom is -0.496 e. The number of fused-ring (bicyclic) bond motifs is 1. The molecule has 4 heteroatoms. The molecule has 2 fully saturated rings. The van der Waals surface area contributed by atoms with Crippen molar-refractivity contribution in [2.24, 2.45) is 5.92 Å². The van der Waals surface area contributed by atoms with E-state index in [-0.39, 0.29) is 5.41 Å². The van der Waals surface area contributed by atoms with Crippen molar-refractivity contribution in [3.8, 4) is 11.5 Å². The molecule has 1 aromatic carbocycles. The molecule has 1 aliphatic heterocycles.